The maximum atomic E-state index is 12.2. The van der Waals surface area contributed by atoms with Gasteiger partial charge in [0.05, 0.1) is 5.25 Å². The van der Waals surface area contributed by atoms with Gasteiger partial charge in [0.25, 0.3) is 0 Å². The molecule has 1 unspecified atom stereocenters. The molecular weight excluding hydrogens is 336 g/mol. The quantitative estimate of drug-likeness (QED) is 0.549. The predicted octanol–water partition coefficient (Wildman–Crippen LogP) is 2.91. The summed E-state index contributed by atoms with van der Waals surface area (Å²) in [6.07, 6.45) is 0.808. The van der Waals surface area contributed by atoms with E-state index in [4.69, 9.17) is 4.74 Å². The highest BCUT2D eigenvalue weighted by molar-refractivity contribution is 8.00. The molecule has 0 aliphatic carbocycles. The fraction of sp³-hybridized carbons (Fsp3) is 0.500. The zero-order chi connectivity index (χ0) is 18.2. The van der Waals surface area contributed by atoms with E-state index in [1.165, 1.54) is 17.3 Å². The van der Waals surface area contributed by atoms with Crippen LogP contribution in [0.4, 0.5) is 0 Å². The van der Waals surface area contributed by atoms with Crippen LogP contribution >= 0.6 is 11.8 Å². The minimum Gasteiger partial charge on any atom is -0.385 e. The first-order valence-electron chi connectivity index (χ1n) is 8.50. The third kappa shape index (κ3) is 5.31. The van der Waals surface area contributed by atoms with Crippen LogP contribution in [-0.2, 0) is 16.1 Å². The molecule has 1 heterocycles. The molecule has 6 nitrogen and oxygen atoms in total. The molecule has 1 aromatic heterocycles. The van der Waals surface area contributed by atoms with Crippen LogP contribution in [-0.4, -0.2) is 46.2 Å². The summed E-state index contributed by atoms with van der Waals surface area (Å²) in [4.78, 5) is 12.2. The van der Waals surface area contributed by atoms with Gasteiger partial charge in [-0.2, -0.15) is 0 Å². The zero-order valence-corrected chi connectivity index (χ0v) is 16.1. The molecular formula is C18H26N4O2S. The van der Waals surface area contributed by atoms with E-state index in [1.54, 1.807) is 7.11 Å². The number of aromatic nitrogens is 3. The fourth-order valence-electron chi connectivity index (χ4n) is 2.44. The third-order valence-electron chi connectivity index (χ3n) is 3.79. The fourth-order valence-corrected chi connectivity index (χ4v) is 3.38. The van der Waals surface area contributed by atoms with Gasteiger partial charge in [-0.05, 0) is 33.3 Å². The number of amides is 1. The van der Waals surface area contributed by atoms with Crippen LogP contribution in [0.5, 0.6) is 0 Å². The molecule has 1 atom stereocenters. The largest absolute Gasteiger partial charge is 0.385 e. The Balaban J connectivity index is 2.06. The Morgan fingerprint density at radius 1 is 1.40 bits per heavy atom. The number of methoxy groups -OCH3 is 1. The standard InChI is InChI=1S/C18H26N4O2S/c1-5-22-16(15-9-6-8-13(2)12-15)20-21-18(22)25-14(3)17(23)19-10-7-11-24-4/h6,8-9,12,14H,5,7,10-11H2,1-4H3,(H,19,23). The topological polar surface area (TPSA) is 69.0 Å². The average molecular weight is 362 g/mol. The Hall–Kier alpha value is -1.86. The van der Waals surface area contributed by atoms with Gasteiger partial charge in [0.2, 0.25) is 5.91 Å². The summed E-state index contributed by atoms with van der Waals surface area (Å²) < 4.78 is 7.03. The Kier molecular flexibility index (Phi) is 7.46. The summed E-state index contributed by atoms with van der Waals surface area (Å²) in [6.45, 7) is 8.01. The lowest BCUT2D eigenvalue weighted by Crippen LogP contribution is -2.32. The normalized spacial score (nSPS) is 12.2. The predicted molar refractivity (Wildman–Crippen MR) is 101 cm³/mol. The van der Waals surface area contributed by atoms with Crippen LogP contribution in [0.15, 0.2) is 29.4 Å². The SMILES string of the molecule is CCn1c(SC(C)C(=O)NCCCOC)nnc1-c1cccc(C)c1. The second-order valence-corrected chi connectivity index (χ2v) is 7.13. The Morgan fingerprint density at radius 2 is 2.20 bits per heavy atom. The van der Waals surface area contributed by atoms with E-state index >= 15 is 0 Å². The second kappa shape index (κ2) is 9.58. The van der Waals surface area contributed by atoms with Crippen molar-refractivity contribution in [1.82, 2.24) is 20.1 Å². The molecule has 0 bridgehead atoms. The van der Waals surface area contributed by atoms with Crippen LogP contribution in [0.25, 0.3) is 11.4 Å². The highest BCUT2D eigenvalue weighted by atomic mass is 32.2. The van der Waals surface area contributed by atoms with Crippen molar-refractivity contribution in [3.05, 3.63) is 29.8 Å². The minimum atomic E-state index is -0.234. The molecule has 0 saturated carbocycles. The van der Waals surface area contributed by atoms with Crippen molar-refractivity contribution in [2.24, 2.45) is 0 Å². The first kappa shape index (κ1) is 19.5. The van der Waals surface area contributed by atoms with Crippen molar-refractivity contribution in [3.63, 3.8) is 0 Å². The molecule has 25 heavy (non-hydrogen) atoms. The summed E-state index contributed by atoms with van der Waals surface area (Å²) in [5.41, 5.74) is 2.22. The van der Waals surface area contributed by atoms with Crippen molar-refractivity contribution in [2.45, 2.75) is 44.1 Å². The molecule has 0 spiro atoms. The number of hydrogen-bond acceptors (Lipinski definition) is 5. The van der Waals surface area contributed by atoms with Gasteiger partial charge in [0, 0.05) is 32.4 Å². The summed E-state index contributed by atoms with van der Waals surface area (Å²) in [5.74, 6) is 0.838. The Labute approximate surface area is 153 Å². The molecule has 136 valence electrons. The van der Waals surface area contributed by atoms with Crippen LogP contribution in [0.2, 0.25) is 0 Å². The molecule has 7 heteroatoms. The van der Waals surface area contributed by atoms with E-state index in [0.29, 0.717) is 13.2 Å². The number of carbonyl (C=O) groups is 1. The monoisotopic (exact) mass is 362 g/mol. The summed E-state index contributed by atoms with van der Waals surface area (Å²) in [6, 6.07) is 8.20. The number of aryl methyl sites for hydroxylation is 1. The molecule has 2 aromatic rings. The number of hydrogen-bond donors (Lipinski definition) is 1. The molecule has 1 amide bonds. The number of thioether (sulfide) groups is 1. The van der Waals surface area contributed by atoms with Gasteiger partial charge >= 0.3 is 0 Å². The number of rotatable bonds is 9. The van der Waals surface area contributed by atoms with Gasteiger partial charge < -0.3 is 14.6 Å². The van der Waals surface area contributed by atoms with Gasteiger partial charge in [-0.3, -0.25) is 4.79 Å². The molecule has 1 N–H and O–H groups in total. The van der Waals surface area contributed by atoms with Crippen molar-refractivity contribution in [2.75, 3.05) is 20.3 Å². The number of nitrogens with one attached hydrogen (secondary N) is 1. The molecule has 0 aliphatic rings. The summed E-state index contributed by atoms with van der Waals surface area (Å²) in [5, 5.41) is 12.1. The van der Waals surface area contributed by atoms with Crippen molar-refractivity contribution >= 4 is 17.7 Å². The molecule has 2 rings (SSSR count). The van der Waals surface area contributed by atoms with Gasteiger partial charge in [-0.25, -0.2) is 0 Å². The lowest BCUT2D eigenvalue weighted by Gasteiger charge is -2.12. The maximum absolute atomic E-state index is 12.2. The number of ether oxygens (including phenoxy) is 1. The molecule has 1 aromatic carbocycles. The third-order valence-corrected chi connectivity index (χ3v) is 4.87. The minimum absolute atomic E-state index is 0.00358. The van der Waals surface area contributed by atoms with Crippen LogP contribution < -0.4 is 5.32 Å². The molecule has 0 radical (unpaired) electrons. The molecule has 0 saturated heterocycles. The number of benzene rings is 1. The van der Waals surface area contributed by atoms with Crippen LogP contribution in [0.3, 0.4) is 0 Å². The lowest BCUT2D eigenvalue weighted by atomic mass is 10.1. The van der Waals surface area contributed by atoms with E-state index in [-0.39, 0.29) is 11.2 Å². The van der Waals surface area contributed by atoms with Gasteiger partial charge in [0.15, 0.2) is 11.0 Å². The average Bonchev–Trinajstić information content (AvgIpc) is 3.01. The Bertz CT molecular complexity index is 702. The van der Waals surface area contributed by atoms with E-state index < -0.39 is 0 Å². The van der Waals surface area contributed by atoms with Gasteiger partial charge in [0.1, 0.15) is 0 Å². The van der Waals surface area contributed by atoms with Gasteiger partial charge in [-0.15, -0.1) is 10.2 Å². The molecule has 0 fully saturated rings. The summed E-state index contributed by atoms with van der Waals surface area (Å²) >= 11 is 1.43. The van der Waals surface area contributed by atoms with E-state index in [9.17, 15) is 4.79 Å². The van der Waals surface area contributed by atoms with Crippen molar-refractivity contribution in [3.8, 4) is 11.4 Å². The summed E-state index contributed by atoms with van der Waals surface area (Å²) in [7, 11) is 1.66. The smallest absolute Gasteiger partial charge is 0.233 e. The Morgan fingerprint density at radius 3 is 2.88 bits per heavy atom. The van der Waals surface area contributed by atoms with E-state index in [1.807, 2.05) is 23.6 Å². The first-order chi connectivity index (χ1) is 12.1. The molecule has 0 aliphatic heterocycles. The van der Waals surface area contributed by atoms with Crippen LogP contribution in [0.1, 0.15) is 25.8 Å². The van der Waals surface area contributed by atoms with E-state index in [0.717, 1.165) is 29.5 Å². The second-order valence-electron chi connectivity index (χ2n) is 5.82. The number of carbonyl (C=O) groups excluding carboxylic acids is 1. The number of nitrogens with zero attached hydrogens (tertiary/aromatic N) is 3. The first-order valence-corrected chi connectivity index (χ1v) is 9.38. The van der Waals surface area contributed by atoms with Crippen molar-refractivity contribution in [1.29, 1.82) is 0 Å². The van der Waals surface area contributed by atoms with Crippen molar-refractivity contribution < 1.29 is 9.53 Å². The maximum Gasteiger partial charge on any atom is 0.233 e. The highest BCUT2D eigenvalue weighted by Crippen LogP contribution is 2.27. The van der Waals surface area contributed by atoms with Gasteiger partial charge in [-0.1, -0.05) is 35.5 Å². The zero-order valence-electron chi connectivity index (χ0n) is 15.3. The lowest BCUT2D eigenvalue weighted by molar-refractivity contribution is -0.120. The van der Waals surface area contributed by atoms with E-state index in [2.05, 4.69) is 41.5 Å². The highest BCUT2D eigenvalue weighted by Gasteiger charge is 2.20. The van der Waals surface area contributed by atoms with Crippen LogP contribution in [0, 0.1) is 6.92 Å².